The van der Waals surface area contributed by atoms with Gasteiger partial charge in [-0.3, -0.25) is 0 Å². The third kappa shape index (κ3) is 3.00. The third-order valence-electron chi connectivity index (χ3n) is 4.88. The molecule has 2 heterocycles. The number of fused-ring (bicyclic) bond motifs is 1. The molecule has 2 atom stereocenters. The van der Waals surface area contributed by atoms with Crippen molar-refractivity contribution >= 4 is 27.4 Å². The summed E-state index contributed by atoms with van der Waals surface area (Å²) in [7, 11) is 0. The Morgan fingerprint density at radius 3 is 3.09 bits per heavy atom. The summed E-state index contributed by atoms with van der Waals surface area (Å²) in [4.78, 5) is 8.20. The quantitative estimate of drug-likeness (QED) is 0.659. The lowest BCUT2D eigenvalue weighted by Gasteiger charge is -2.27. The minimum atomic E-state index is 0.586. The highest BCUT2D eigenvalue weighted by molar-refractivity contribution is 7.14. The summed E-state index contributed by atoms with van der Waals surface area (Å²) in [5.41, 5.74) is 4.72. The number of aromatic nitrogens is 2. The van der Waals surface area contributed by atoms with Gasteiger partial charge in [-0.2, -0.15) is 0 Å². The number of benzene rings is 1. The van der Waals surface area contributed by atoms with Crippen LogP contribution in [-0.2, 0) is 0 Å². The van der Waals surface area contributed by atoms with Crippen molar-refractivity contribution in [3.63, 3.8) is 0 Å². The van der Waals surface area contributed by atoms with Gasteiger partial charge >= 0.3 is 0 Å². The highest BCUT2D eigenvalue weighted by atomic mass is 32.1. The lowest BCUT2D eigenvalue weighted by Crippen LogP contribution is -2.26. The van der Waals surface area contributed by atoms with Gasteiger partial charge in [-0.25, -0.2) is 4.98 Å². The van der Waals surface area contributed by atoms with Crippen molar-refractivity contribution in [1.29, 1.82) is 0 Å². The Morgan fingerprint density at radius 2 is 2.22 bits per heavy atom. The molecule has 4 heteroatoms. The predicted molar refractivity (Wildman–Crippen MR) is 99.2 cm³/mol. The zero-order valence-electron chi connectivity index (χ0n) is 13.7. The van der Waals surface area contributed by atoms with E-state index in [1.54, 1.807) is 11.3 Å². The van der Waals surface area contributed by atoms with E-state index in [9.17, 15) is 0 Å². The normalized spacial score (nSPS) is 21.7. The fourth-order valence-electron chi connectivity index (χ4n) is 3.66. The molecule has 0 amide bonds. The summed E-state index contributed by atoms with van der Waals surface area (Å²) >= 11 is 1.72. The first kappa shape index (κ1) is 14.8. The first-order valence-electron chi connectivity index (χ1n) is 8.49. The van der Waals surface area contributed by atoms with Crippen molar-refractivity contribution in [2.45, 2.75) is 45.6 Å². The first-order chi connectivity index (χ1) is 11.2. The first-order valence-corrected chi connectivity index (χ1v) is 9.37. The van der Waals surface area contributed by atoms with Gasteiger partial charge in [0.05, 0.1) is 5.69 Å². The maximum absolute atomic E-state index is 4.83. The van der Waals surface area contributed by atoms with Crippen LogP contribution in [0.2, 0.25) is 0 Å². The molecule has 1 saturated carbocycles. The van der Waals surface area contributed by atoms with Crippen LogP contribution >= 0.6 is 11.3 Å². The average Bonchev–Trinajstić information content (AvgIpc) is 3.13. The van der Waals surface area contributed by atoms with Gasteiger partial charge in [0.1, 0.15) is 0 Å². The molecule has 3 aromatic rings. The van der Waals surface area contributed by atoms with Crippen LogP contribution in [0.25, 0.3) is 22.2 Å². The van der Waals surface area contributed by atoms with Gasteiger partial charge in [0.2, 0.25) is 0 Å². The van der Waals surface area contributed by atoms with Crippen LogP contribution in [-0.4, -0.2) is 16.0 Å². The number of aryl methyl sites for hydroxylation is 1. The summed E-state index contributed by atoms with van der Waals surface area (Å²) < 4.78 is 0. The molecule has 0 bridgehead atoms. The molecule has 3 nitrogen and oxygen atoms in total. The van der Waals surface area contributed by atoms with Gasteiger partial charge in [-0.1, -0.05) is 31.9 Å². The number of nitrogens with zero attached hydrogens (tertiary/aromatic N) is 1. The van der Waals surface area contributed by atoms with Crippen LogP contribution in [0, 0.1) is 12.8 Å². The molecule has 1 aliphatic rings. The molecule has 4 rings (SSSR count). The van der Waals surface area contributed by atoms with Gasteiger partial charge < -0.3 is 10.3 Å². The summed E-state index contributed by atoms with van der Waals surface area (Å²) in [6.45, 7) is 4.48. The maximum Gasteiger partial charge on any atom is 0.183 e. The molecule has 1 aliphatic carbocycles. The van der Waals surface area contributed by atoms with E-state index in [-0.39, 0.29) is 0 Å². The molecule has 2 unspecified atom stereocenters. The Bertz CT molecular complexity index is 817. The summed E-state index contributed by atoms with van der Waals surface area (Å²) in [5.74, 6) is 0.831. The number of H-pyrrole nitrogens is 1. The summed E-state index contributed by atoms with van der Waals surface area (Å²) in [6.07, 6.45) is 7.31. The van der Waals surface area contributed by atoms with Gasteiger partial charge in [0.25, 0.3) is 0 Å². The second kappa shape index (κ2) is 6.00. The molecule has 0 radical (unpaired) electrons. The lowest BCUT2D eigenvalue weighted by molar-refractivity contribution is 0.358. The van der Waals surface area contributed by atoms with Crippen molar-refractivity contribution in [3.8, 4) is 11.3 Å². The molecule has 23 heavy (non-hydrogen) atoms. The lowest BCUT2D eigenvalue weighted by atomic mass is 9.87. The van der Waals surface area contributed by atoms with Gasteiger partial charge in [-0.05, 0) is 37.3 Å². The zero-order valence-corrected chi connectivity index (χ0v) is 14.5. The Hall–Kier alpha value is -1.81. The summed E-state index contributed by atoms with van der Waals surface area (Å²) in [6, 6.07) is 7.12. The Labute approximate surface area is 141 Å². The van der Waals surface area contributed by atoms with E-state index < -0.39 is 0 Å². The number of aromatic amines is 1. The Morgan fingerprint density at radius 1 is 1.30 bits per heavy atom. The molecule has 1 aromatic carbocycles. The van der Waals surface area contributed by atoms with Crippen molar-refractivity contribution in [2.75, 3.05) is 5.32 Å². The van der Waals surface area contributed by atoms with E-state index in [1.165, 1.54) is 47.7 Å². The highest BCUT2D eigenvalue weighted by Gasteiger charge is 2.20. The van der Waals surface area contributed by atoms with E-state index >= 15 is 0 Å². The molecule has 0 aliphatic heterocycles. The summed E-state index contributed by atoms with van der Waals surface area (Å²) in [5, 5.41) is 8.12. The second-order valence-electron chi connectivity index (χ2n) is 6.90. The molecule has 2 N–H and O–H groups in total. The molecule has 0 spiro atoms. The SMILES string of the molecule is Cc1ccc2c(-c3csc(NC4CCCC(C)C4)n3)c[nH]c2c1. The molecule has 1 fully saturated rings. The number of hydrogen-bond donors (Lipinski definition) is 2. The third-order valence-corrected chi connectivity index (χ3v) is 5.65. The van der Waals surface area contributed by atoms with Crippen molar-refractivity contribution in [1.82, 2.24) is 9.97 Å². The fourth-order valence-corrected chi connectivity index (χ4v) is 4.44. The molecule has 0 saturated heterocycles. The minimum Gasteiger partial charge on any atom is -0.360 e. The maximum atomic E-state index is 4.83. The number of nitrogens with one attached hydrogen (secondary N) is 2. The Kier molecular flexibility index (Phi) is 3.85. The van der Waals surface area contributed by atoms with E-state index in [4.69, 9.17) is 4.98 Å². The monoisotopic (exact) mass is 325 g/mol. The van der Waals surface area contributed by atoms with Crippen LogP contribution in [0.5, 0.6) is 0 Å². The van der Waals surface area contributed by atoms with Crippen molar-refractivity contribution in [3.05, 3.63) is 35.3 Å². The number of hydrogen-bond acceptors (Lipinski definition) is 3. The van der Waals surface area contributed by atoms with E-state index in [2.05, 4.69) is 53.9 Å². The smallest absolute Gasteiger partial charge is 0.183 e. The van der Waals surface area contributed by atoms with Crippen LogP contribution in [0.15, 0.2) is 29.8 Å². The highest BCUT2D eigenvalue weighted by Crippen LogP contribution is 2.33. The molecule has 120 valence electrons. The largest absolute Gasteiger partial charge is 0.360 e. The number of anilines is 1. The minimum absolute atomic E-state index is 0.586. The van der Waals surface area contributed by atoms with Crippen molar-refractivity contribution < 1.29 is 0 Å². The van der Waals surface area contributed by atoms with E-state index in [0.717, 1.165) is 16.7 Å². The van der Waals surface area contributed by atoms with Crippen molar-refractivity contribution in [2.24, 2.45) is 5.92 Å². The van der Waals surface area contributed by atoms with Gasteiger partial charge in [0, 0.05) is 34.1 Å². The predicted octanol–water partition coefficient (Wildman–Crippen LogP) is 5.59. The zero-order chi connectivity index (χ0) is 15.8. The van der Waals surface area contributed by atoms with Crippen LogP contribution in [0.4, 0.5) is 5.13 Å². The van der Waals surface area contributed by atoms with Gasteiger partial charge in [0.15, 0.2) is 5.13 Å². The molecular weight excluding hydrogens is 302 g/mol. The van der Waals surface area contributed by atoms with Crippen LogP contribution in [0.3, 0.4) is 0 Å². The average molecular weight is 325 g/mol. The van der Waals surface area contributed by atoms with Gasteiger partial charge in [-0.15, -0.1) is 11.3 Å². The van der Waals surface area contributed by atoms with E-state index in [0.29, 0.717) is 6.04 Å². The van der Waals surface area contributed by atoms with Crippen LogP contribution < -0.4 is 5.32 Å². The molecule has 2 aromatic heterocycles. The van der Waals surface area contributed by atoms with E-state index in [1.807, 2.05) is 0 Å². The Balaban J connectivity index is 1.57. The number of rotatable bonds is 3. The fraction of sp³-hybridized carbons (Fsp3) is 0.421. The number of thiazole rings is 1. The second-order valence-corrected chi connectivity index (χ2v) is 7.76. The van der Waals surface area contributed by atoms with Crippen LogP contribution in [0.1, 0.15) is 38.2 Å². The standard InChI is InChI=1S/C19H23N3S/c1-12-4-3-5-14(8-12)21-19-22-18(11-23-19)16-10-20-17-9-13(2)6-7-15(16)17/h6-7,9-12,14,20H,3-5,8H2,1-2H3,(H,21,22). The molecular formula is C19H23N3S. The topological polar surface area (TPSA) is 40.7 Å².